The molecule has 0 aliphatic heterocycles. The van der Waals surface area contributed by atoms with Gasteiger partial charge in [0.25, 0.3) is 0 Å². The fourth-order valence-electron chi connectivity index (χ4n) is 2.19. The third-order valence-electron chi connectivity index (χ3n) is 3.14. The molecule has 4 nitrogen and oxygen atoms in total. The van der Waals surface area contributed by atoms with E-state index in [1.807, 2.05) is 24.6 Å². The van der Waals surface area contributed by atoms with Gasteiger partial charge in [0.2, 0.25) is 5.95 Å². The fourth-order valence-corrected chi connectivity index (χ4v) is 3.17. The summed E-state index contributed by atoms with van der Waals surface area (Å²) in [4.78, 5) is 9.68. The van der Waals surface area contributed by atoms with Crippen molar-refractivity contribution in [3.8, 4) is 0 Å². The molecule has 2 aromatic heterocycles. The van der Waals surface area contributed by atoms with E-state index in [9.17, 15) is 4.39 Å². The van der Waals surface area contributed by atoms with E-state index in [0.29, 0.717) is 17.0 Å². The Labute approximate surface area is 124 Å². The molecular formula is C13H12ClFN4S. The van der Waals surface area contributed by atoms with Gasteiger partial charge in [-0.2, -0.15) is 0 Å². The van der Waals surface area contributed by atoms with E-state index in [1.54, 1.807) is 17.4 Å². The Morgan fingerprint density at radius 3 is 2.85 bits per heavy atom. The van der Waals surface area contributed by atoms with Gasteiger partial charge >= 0.3 is 0 Å². The summed E-state index contributed by atoms with van der Waals surface area (Å²) in [5.74, 6) is -0.177. The number of nitrogen functional groups attached to an aromatic ring is 1. The van der Waals surface area contributed by atoms with Gasteiger partial charge in [0, 0.05) is 17.1 Å². The van der Waals surface area contributed by atoms with Crippen LogP contribution in [-0.4, -0.2) is 14.5 Å². The van der Waals surface area contributed by atoms with E-state index in [0.717, 1.165) is 9.88 Å². The van der Waals surface area contributed by atoms with Gasteiger partial charge in [-0.15, -0.1) is 11.3 Å². The first-order valence-corrected chi connectivity index (χ1v) is 7.21. The van der Waals surface area contributed by atoms with Gasteiger partial charge in [-0.3, -0.25) is 0 Å². The Hall–Kier alpha value is -1.66. The molecule has 3 aromatic rings. The second-order valence-electron chi connectivity index (χ2n) is 4.58. The lowest BCUT2D eigenvalue weighted by Gasteiger charge is -2.13. The zero-order valence-electron chi connectivity index (χ0n) is 10.9. The summed E-state index contributed by atoms with van der Waals surface area (Å²) in [7, 11) is 0. The van der Waals surface area contributed by atoms with Gasteiger partial charge in [0.15, 0.2) is 0 Å². The molecule has 104 valence electrons. The Morgan fingerprint density at radius 1 is 1.45 bits per heavy atom. The molecule has 0 aliphatic rings. The number of imidazole rings is 1. The third kappa shape index (κ3) is 2.05. The highest BCUT2D eigenvalue weighted by molar-refractivity contribution is 7.11. The van der Waals surface area contributed by atoms with Crippen molar-refractivity contribution in [3.63, 3.8) is 0 Å². The molecule has 0 aliphatic carbocycles. The highest BCUT2D eigenvalue weighted by atomic mass is 35.5. The average molecular weight is 311 g/mol. The second-order valence-corrected chi connectivity index (χ2v) is 6.25. The van der Waals surface area contributed by atoms with Crippen LogP contribution in [0.25, 0.3) is 11.0 Å². The maximum absolute atomic E-state index is 13.5. The number of thiazole rings is 1. The molecule has 1 unspecified atom stereocenters. The molecule has 20 heavy (non-hydrogen) atoms. The van der Waals surface area contributed by atoms with Gasteiger partial charge in [0.1, 0.15) is 10.8 Å². The summed E-state index contributed by atoms with van der Waals surface area (Å²) in [5, 5.41) is 0.982. The number of hydrogen-bond acceptors (Lipinski definition) is 4. The Bertz CT molecular complexity index is 795. The van der Waals surface area contributed by atoms with Crippen molar-refractivity contribution in [3.05, 3.63) is 39.1 Å². The van der Waals surface area contributed by atoms with Crippen molar-refractivity contribution in [1.82, 2.24) is 14.5 Å². The van der Waals surface area contributed by atoms with Gasteiger partial charge in [-0.1, -0.05) is 11.6 Å². The predicted octanol–water partition coefficient (Wildman–Crippen LogP) is 3.79. The van der Waals surface area contributed by atoms with Gasteiger partial charge in [-0.25, -0.2) is 14.4 Å². The minimum atomic E-state index is -0.499. The number of rotatable bonds is 2. The zero-order chi connectivity index (χ0) is 14.4. The summed E-state index contributed by atoms with van der Waals surface area (Å²) < 4.78 is 15.3. The van der Waals surface area contributed by atoms with E-state index in [4.69, 9.17) is 17.3 Å². The van der Waals surface area contributed by atoms with Crippen molar-refractivity contribution in [2.45, 2.75) is 19.9 Å². The number of aromatic nitrogens is 3. The van der Waals surface area contributed by atoms with Crippen molar-refractivity contribution >= 4 is 39.9 Å². The SMILES string of the molecule is Cc1cnc(C(C)n2c(N)nc3cc(F)c(Cl)cc32)s1. The van der Waals surface area contributed by atoms with Crippen LogP contribution in [0.15, 0.2) is 18.3 Å². The Kier molecular flexibility index (Phi) is 3.14. The summed E-state index contributed by atoms with van der Waals surface area (Å²) in [6, 6.07) is 2.76. The average Bonchev–Trinajstić information content (AvgIpc) is 2.93. The van der Waals surface area contributed by atoms with Crippen LogP contribution in [0.3, 0.4) is 0 Å². The van der Waals surface area contributed by atoms with Gasteiger partial charge in [-0.05, 0) is 19.9 Å². The van der Waals surface area contributed by atoms with Crippen LogP contribution in [0.4, 0.5) is 10.3 Å². The number of fused-ring (bicyclic) bond motifs is 1. The molecule has 0 fully saturated rings. The molecule has 2 heterocycles. The predicted molar refractivity (Wildman–Crippen MR) is 79.8 cm³/mol. The van der Waals surface area contributed by atoms with Gasteiger partial charge in [0.05, 0.1) is 22.1 Å². The third-order valence-corrected chi connectivity index (χ3v) is 4.52. The van der Waals surface area contributed by atoms with E-state index in [1.165, 1.54) is 6.07 Å². The fraction of sp³-hybridized carbons (Fsp3) is 0.231. The number of halogens is 2. The molecule has 1 atom stereocenters. The molecule has 7 heteroatoms. The number of benzene rings is 1. The van der Waals surface area contributed by atoms with Crippen LogP contribution < -0.4 is 5.73 Å². The maximum Gasteiger partial charge on any atom is 0.201 e. The standard InChI is InChI=1S/C13H12ClFN4S/c1-6-5-17-12(20-6)7(2)19-11-3-8(14)9(15)4-10(11)18-13(19)16/h3-5,7H,1-2H3,(H2,16,18). The number of nitrogens with two attached hydrogens (primary N) is 1. The quantitative estimate of drug-likeness (QED) is 0.783. The Balaban J connectivity index is 2.20. The first-order valence-electron chi connectivity index (χ1n) is 6.02. The van der Waals surface area contributed by atoms with Crippen LogP contribution >= 0.6 is 22.9 Å². The molecule has 0 spiro atoms. The van der Waals surface area contributed by atoms with Crippen LogP contribution in [0.5, 0.6) is 0 Å². The summed E-state index contributed by atoms with van der Waals surface area (Å²) in [6.45, 7) is 3.97. The number of anilines is 1. The summed E-state index contributed by atoms with van der Waals surface area (Å²) in [6.07, 6.45) is 1.82. The lowest BCUT2D eigenvalue weighted by atomic mass is 10.2. The van der Waals surface area contributed by atoms with E-state index in [-0.39, 0.29) is 11.1 Å². The number of nitrogens with zero attached hydrogens (tertiary/aromatic N) is 3. The topological polar surface area (TPSA) is 56.7 Å². The smallest absolute Gasteiger partial charge is 0.201 e. The molecular weight excluding hydrogens is 299 g/mol. The summed E-state index contributed by atoms with van der Waals surface area (Å²) in [5.41, 5.74) is 7.16. The largest absolute Gasteiger partial charge is 0.369 e. The van der Waals surface area contributed by atoms with E-state index < -0.39 is 5.82 Å². The second kappa shape index (κ2) is 4.71. The maximum atomic E-state index is 13.5. The lowest BCUT2D eigenvalue weighted by Crippen LogP contribution is -2.09. The molecule has 0 saturated heterocycles. The van der Waals surface area contributed by atoms with E-state index in [2.05, 4.69) is 9.97 Å². The molecule has 0 amide bonds. The first kappa shape index (κ1) is 13.3. The molecule has 2 N–H and O–H groups in total. The normalized spacial score (nSPS) is 13.0. The molecule has 3 rings (SSSR count). The highest BCUT2D eigenvalue weighted by Gasteiger charge is 2.19. The first-order chi connectivity index (χ1) is 9.47. The van der Waals surface area contributed by atoms with Crippen molar-refractivity contribution < 1.29 is 4.39 Å². The Morgan fingerprint density at radius 2 is 2.20 bits per heavy atom. The van der Waals surface area contributed by atoms with Crippen molar-refractivity contribution in [2.24, 2.45) is 0 Å². The molecule has 1 aromatic carbocycles. The monoisotopic (exact) mass is 310 g/mol. The molecule has 0 saturated carbocycles. The van der Waals surface area contributed by atoms with Crippen molar-refractivity contribution in [2.75, 3.05) is 5.73 Å². The van der Waals surface area contributed by atoms with E-state index >= 15 is 0 Å². The van der Waals surface area contributed by atoms with Crippen LogP contribution in [0, 0.1) is 12.7 Å². The highest BCUT2D eigenvalue weighted by Crippen LogP contribution is 2.31. The van der Waals surface area contributed by atoms with Crippen LogP contribution in [0.1, 0.15) is 22.9 Å². The van der Waals surface area contributed by atoms with Gasteiger partial charge < -0.3 is 10.3 Å². The van der Waals surface area contributed by atoms with Crippen LogP contribution in [-0.2, 0) is 0 Å². The summed E-state index contributed by atoms with van der Waals surface area (Å²) >= 11 is 7.45. The molecule has 0 radical (unpaired) electrons. The van der Waals surface area contributed by atoms with Crippen LogP contribution in [0.2, 0.25) is 5.02 Å². The minimum Gasteiger partial charge on any atom is -0.369 e. The zero-order valence-corrected chi connectivity index (χ0v) is 12.5. The number of aryl methyl sites for hydroxylation is 1. The number of hydrogen-bond donors (Lipinski definition) is 1. The lowest BCUT2D eigenvalue weighted by molar-refractivity contribution is 0.629. The minimum absolute atomic E-state index is 0.0566. The van der Waals surface area contributed by atoms with Crippen molar-refractivity contribution in [1.29, 1.82) is 0 Å². The molecule has 0 bridgehead atoms.